The lowest BCUT2D eigenvalue weighted by Gasteiger charge is -2.10. The van der Waals surface area contributed by atoms with Gasteiger partial charge >= 0.3 is 0 Å². The SMILES string of the molecule is Cc1c(F)cccc1S(=O)(=O)n1ncc2ccc(CC(=O)c3c(F)cccc3Cl)cc21. The van der Waals surface area contributed by atoms with Crippen LogP contribution in [-0.4, -0.2) is 23.4 Å². The summed E-state index contributed by atoms with van der Waals surface area (Å²) in [5, 5.41) is 4.47. The Bertz CT molecular complexity index is 1430. The second-order valence-electron chi connectivity index (χ2n) is 6.95. The Hall–Kier alpha value is -3.10. The van der Waals surface area contributed by atoms with E-state index in [9.17, 15) is 22.0 Å². The number of ketones is 1. The molecule has 0 fully saturated rings. The van der Waals surface area contributed by atoms with E-state index in [4.69, 9.17) is 11.6 Å². The molecule has 0 atom stereocenters. The highest BCUT2D eigenvalue weighted by Gasteiger charge is 2.24. The molecule has 0 aliphatic heterocycles. The van der Waals surface area contributed by atoms with Crippen LogP contribution in [0.4, 0.5) is 8.78 Å². The lowest BCUT2D eigenvalue weighted by atomic mass is 10.0. The van der Waals surface area contributed by atoms with E-state index in [0.717, 1.165) is 10.2 Å². The molecule has 31 heavy (non-hydrogen) atoms. The Morgan fingerprint density at radius 3 is 2.52 bits per heavy atom. The van der Waals surface area contributed by atoms with Gasteiger partial charge in [0.05, 0.1) is 27.2 Å². The second kappa shape index (κ2) is 7.86. The summed E-state index contributed by atoms with van der Waals surface area (Å²) in [5.74, 6) is -1.92. The molecule has 4 rings (SSSR count). The molecule has 158 valence electrons. The number of hydrogen-bond donors (Lipinski definition) is 0. The molecule has 1 aromatic heterocycles. The number of carbonyl (C=O) groups is 1. The molecule has 0 aliphatic carbocycles. The van der Waals surface area contributed by atoms with E-state index >= 15 is 0 Å². The maximum absolute atomic E-state index is 14.1. The van der Waals surface area contributed by atoms with Crippen molar-refractivity contribution in [1.29, 1.82) is 0 Å². The Morgan fingerprint density at radius 1 is 1.06 bits per heavy atom. The van der Waals surface area contributed by atoms with Crippen LogP contribution in [0.15, 0.2) is 65.7 Å². The van der Waals surface area contributed by atoms with Crippen molar-refractivity contribution in [2.24, 2.45) is 0 Å². The lowest BCUT2D eigenvalue weighted by molar-refractivity contribution is 0.0989. The van der Waals surface area contributed by atoms with E-state index in [1.54, 1.807) is 12.1 Å². The summed E-state index contributed by atoms with van der Waals surface area (Å²) in [6.07, 6.45) is 1.17. The minimum atomic E-state index is -4.19. The molecule has 0 saturated carbocycles. The number of benzene rings is 3. The maximum atomic E-state index is 14.1. The first kappa shape index (κ1) is 21.1. The Morgan fingerprint density at radius 2 is 1.77 bits per heavy atom. The molecule has 0 aliphatic rings. The molecular formula is C22H15ClF2N2O3S. The largest absolute Gasteiger partial charge is 0.294 e. The van der Waals surface area contributed by atoms with Gasteiger partial charge in [-0.25, -0.2) is 8.78 Å². The number of Topliss-reactive ketones (excluding diaryl/α,β-unsaturated/α-hetero) is 1. The molecule has 0 radical (unpaired) electrons. The van der Waals surface area contributed by atoms with Gasteiger partial charge in [-0.15, -0.1) is 0 Å². The third kappa shape index (κ3) is 3.73. The first-order valence-corrected chi connectivity index (χ1v) is 11.0. The molecule has 4 aromatic rings. The molecule has 0 unspecified atom stereocenters. The van der Waals surface area contributed by atoms with Crippen LogP contribution in [0.3, 0.4) is 0 Å². The quantitative estimate of drug-likeness (QED) is 0.396. The van der Waals surface area contributed by atoms with Gasteiger partial charge in [-0.3, -0.25) is 4.79 Å². The zero-order valence-corrected chi connectivity index (χ0v) is 17.7. The van der Waals surface area contributed by atoms with E-state index in [1.807, 2.05) is 0 Å². The van der Waals surface area contributed by atoms with E-state index in [1.165, 1.54) is 49.5 Å². The van der Waals surface area contributed by atoms with Crippen molar-refractivity contribution in [3.8, 4) is 0 Å². The van der Waals surface area contributed by atoms with Crippen molar-refractivity contribution in [2.75, 3.05) is 0 Å². The van der Waals surface area contributed by atoms with Crippen molar-refractivity contribution in [1.82, 2.24) is 9.19 Å². The number of rotatable bonds is 5. The standard InChI is InChI=1S/C22H15ClF2N2O3S/c1-13-17(24)5-3-7-21(13)31(29,30)27-19-10-14(8-9-15(19)12-26-27)11-20(28)22-16(23)4-2-6-18(22)25/h2-10,12H,11H2,1H3. The normalized spacial score (nSPS) is 11.7. The Labute approximate surface area is 181 Å². The van der Waals surface area contributed by atoms with Crippen LogP contribution in [0.2, 0.25) is 5.02 Å². The van der Waals surface area contributed by atoms with E-state index in [2.05, 4.69) is 5.10 Å². The molecule has 0 amide bonds. The van der Waals surface area contributed by atoms with Gasteiger partial charge in [0.1, 0.15) is 11.6 Å². The second-order valence-corrected chi connectivity index (χ2v) is 9.09. The minimum absolute atomic E-state index is 0.000257. The lowest BCUT2D eigenvalue weighted by Crippen LogP contribution is -2.16. The topological polar surface area (TPSA) is 69.0 Å². The molecule has 0 bridgehead atoms. The first-order chi connectivity index (χ1) is 14.7. The van der Waals surface area contributed by atoms with Crippen LogP contribution < -0.4 is 0 Å². The van der Waals surface area contributed by atoms with Gasteiger partial charge in [-0.05, 0) is 42.8 Å². The molecule has 9 heteroatoms. The third-order valence-corrected chi connectivity index (χ3v) is 6.99. The van der Waals surface area contributed by atoms with Crippen molar-refractivity contribution < 1.29 is 22.0 Å². The highest BCUT2D eigenvalue weighted by molar-refractivity contribution is 7.90. The summed E-state index contributed by atoms with van der Waals surface area (Å²) in [6, 6.07) is 12.5. The number of nitrogens with zero attached hydrogens (tertiary/aromatic N) is 2. The van der Waals surface area contributed by atoms with Crippen LogP contribution in [0.5, 0.6) is 0 Å². The smallest absolute Gasteiger partial charge is 0.283 e. The van der Waals surface area contributed by atoms with Gasteiger partial charge in [0.15, 0.2) is 5.78 Å². The highest BCUT2D eigenvalue weighted by atomic mass is 35.5. The molecule has 5 nitrogen and oxygen atoms in total. The number of carbonyl (C=O) groups excluding carboxylic acids is 1. The van der Waals surface area contributed by atoms with Gasteiger partial charge in [-0.2, -0.15) is 17.6 Å². The van der Waals surface area contributed by atoms with E-state index in [0.29, 0.717) is 10.9 Å². The molecular weight excluding hydrogens is 446 g/mol. The van der Waals surface area contributed by atoms with Gasteiger partial charge in [0.2, 0.25) is 0 Å². The molecule has 1 heterocycles. The van der Waals surface area contributed by atoms with Crippen LogP contribution in [-0.2, 0) is 16.4 Å². The van der Waals surface area contributed by atoms with Crippen LogP contribution in [0.25, 0.3) is 10.9 Å². The van der Waals surface area contributed by atoms with Gasteiger partial charge < -0.3 is 0 Å². The summed E-state index contributed by atoms with van der Waals surface area (Å²) < 4.78 is 55.0. The average Bonchev–Trinajstić information content (AvgIpc) is 3.14. The molecule has 0 spiro atoms. The van der Waals surface area contributed by atoms with Crippen LogP contribution in [0, 0.1) is 18.6 Å². The van der Waals surface area contributed by atoms with Gasteiger partial charge in [-0.1, -0.05) is 35.9 Å². The van der Waals surface area contributed by atoms with Crippen LogP contribution >= 0.6 is 11.6 Å². The van der Waals surface area contributed by atoms with E-state index < -0.39 is 27.4 Å². The third-order valence-electron chi connectivity index (χ3n) is 4.93. The molecule has 0 N–H and O–H groups in total. The predicted octanol–water partition coefficient (Wildman–Crippen LogP) is 4.94. The molecule has 0 saturated heterocycles. The fourth-order valence-electron chi connectivity index (χ4n) is 3.34. The van der Waals surface area contributed by atoms with Crippen molar-refractivity contribution in [3.05, 3.63) is 94.1 Å². The highest BCUT2D eigenvalue weighted by Crippen LogP contribution is 2.26. The van der Waals surface area contributed by atoms with Crippen molar-refractivity contribution in [3.63, 3.8) is 0 Å². The number of aromatic nitrogens is 2. The predicted molar refractivity (Wildman–Crippen MR) is 113 cm³/mol. The summed E-state index contributed by atoms with van der Waals surface area (Å²) in [6.45, 7) is 1.37. The number of fused-ring (bicyclic) bond motifs is 1. The summed E-state index contributed by atoms with van der Waals surface area (Å²) in [7, 11) is -4.19. The number of halogens is 3. The summed E-state index contributed by atoms with van der Waals surface area (Å²) >= 11 is 5.96. The maximum Gasteiger partial charge on any atom is 0.283 e. The average molecular weight is 461 g/mol. The molecule has 3 aromatic carbocycles. The number of hydrogen-bond acceptors (Lipinski definition) is 4. The first-order valence-electron chi connectivity index (χ1n) is 9.14. The summed E-state index contributed by atoms with van der Waals surface area (Å²) in [4.78, 5) is 12.4. The van der Waals surface area contributed by atoms with Crippen molar-refractivity contribution in [2.45, 2.75) is 18.2 Å². The van der Waals surface area contributed by atoms with Gasteiger partial charge in [0.25, 0.3) is 10.0 Å². The van der Waals surface area contributed by atoms with Crippen LogP contribution in [0.1, 0.15) is 21.5 Å². The Balaban J connectivity index is 1.77. The van der Waals surface area contributed by atoms with Crippen molar-refractivity contribution >= 4 is 38.3 Å². The van der Waals surface area contributed by atoms with Gasteiger partial charge in [0, 0.05) is 17.4 Å². The minimum Gasteiger partial charge on any atom is -0.294 e. The zero-order chi connectivity index (χ0) is 22.3. The Kier molecular flexibility index (Phi) is 5.36. The zero-order valence-electron chi connectivity index (χ0n) is 16.1. The monoisotopic (exact) mass is 460 g/mol. The summed E-state index contributed by atoms with van der Waals surface area (Å²) in [5.41, 5.74) is 0.422. The fraction of sp³-hybridized carbons (Fsp3) is 0.0909. The van der Waals surface area contributed by atoms with E-state index in [-0.39, 0.29) is 33.0 Å². The fourth-order valence-corrected chi connectivity index (χ4v) is 5.12.